The summed E-state index contributed by atoms with van der Waals surface area (Å²) in [5, 5.41) is 13.1. The van der Waals surface area contributed by atoms with E-state index in [-0.39, 0.29) is 6.03 Å². The highest BCUT2D eigenvalue weighted by Crippen LogP contribution is 2.15. The average Bonchev–Trinajstić information content (AvgIpc) is 2.64. The molecule has 0 unspecified atom stereocenters. The van der Waals surface area contributed by atoms with E-state index < -0.39 is 6.10 Å². The van der Waals surface area contributed by atoms with Crippen LogP contribution in [0, 0.1) is 0 Å². The fourth-order valence-corrected chi connectivity index (χ4v) is 2.78. The van der Waals surface area contributed by atoms with Crippen LogP contribution < -0.4 is 5.32 Å². The van der Waals surface area contributed by atoms with Gasteiger partial charge in [0, 0.05) is 38.9 Å². The Morgan fingerprint density at radius 3 is 2.46 bits per heavy atom. The zero-order valence-electron chi connectivity index (χ0n) is 13.5. The molecule has 1 fully saturated rings. The van der Waals surface area contributed by atoms with Gasteiger partial charge >= 0.3 is 6.03 Å². The second kappa shape index (κ2) is 7.90. The normalized spacial score (nSPS) is 16.6. The first-order chi connectivity index (χ1) is 11.7. The van der Waals surface area contributed by atoms with Gasteiger partial charge in [-0.2, -0.15) is 0 Å². The van der Waals surface area contributed by atoms with Crippen LogP contribution in [0.25, 0.3) is 0 Å². The van der Waals surface area contributed by atoms with Gasteiger partial charge in [-0.1, -0.05) is 36.4 Å². The van der Waals surface area contributed by atoms with Gasteiger partial charge < -0.3 is 10.0 Å². The standard InChI is InChI=1S/C18H22N4O2/c23-16(15-6-2-1-3-7-15)14-21-10-12-22(13-11-21)18(24)20-17-8-4-5-9-19-17/h1-9,16,23H,10-14H2,(H,19,20,24)/t16-/m1/s1. The van der Waals surface area contributed by atoms with Crippen molar-refractivity contribution in [3.63, 3.8) is 0 Å². The van der Waals surface area contributed by atoms with Gasteiger partial charge in [-0.3, -0.25) is 10.2 Å². The highest BCUT2D eigenvalue weighted by molar-refractivity contribution is 5.88. The summed E-state index contributed by atoms with van der Waals surface area (Å²) in [4.78, 5) is 20.3. The summed E-state index contributed by atoms with van der Waals surface area (Å²) >= 11 is 0. The number of pyridine rings is 1. The number of aromatic nitrogens is 1. The maximum absolute atomic E-state index is 12.2. The third-order valence-electron chi connectivity index (χ3n) is 4.17. The first-order valence-electron chi connectivity index (χ1n) is 8.15. The number of carbonyl (C=O) groups excluding carboxylic acids is 1. The largest absolute Gasteiger partial charge is 0.387 e. The molecule has 1 aromatic heterocycles. The molecule has 0 radical (unpaired) electrons. The molecular formula is C18H22N4O2. The van der Waals surface area contributed by atoms with E-state index in [1.165, 1.54) is 0 Å². The minimum atomic E-state index is -0.500. The second-order valence-electron chi connectivity index (χ2n) is 5.86. The molecule has 126 valence electrons. The first-order valence-corrected chi connectivity index (χ1v) is 8.15. The van der Waals surface area contributed by atoms with Crippen LogP contribution in [0.15, 0.2) is 54.7 Å². The number of hydrogen-bond donors (Lipinski definition) is 2. The number of amides is 2. The number of benzene rings is 1. The molecule has 1 aliphatic rings. The van der Waals surface area contributed by atoms with Crippen molar-refractivity contribution in [2.24, 2.45) is 0 Å². The van der Waals surface area contributed by atoms with Gasteiger partial charge in [0.15, 0.2) is 0 Å². The lowest BCUT2D eigenvalue weighted by Gasteiger charge is -2.35. The van der Waals surface area contributed by atoms with Crippen LogP contribution in [0.5, 0.6) is 0 Å². The quantitative estimate of drug-likeness (QED) is 0.901. The molecule has 2 N–H and O–H groups in total. The SMILES string of the molecule is O=C(Nc1ccccn1)N1CCN(C[C@@H](O)c2ccccc2)CC1. The highest BCUT2D eigenvalue weighted by atomic mass is 16.3. The van der Waals surface area contributed by atoms with Gasteiger partial charge in [0.05, 0.1) is 6.10 Å². The molecule has 2 heterocycles. The Balaban J connectivity index is 1.46. The number of nitrogens with one attached hydrogen (secondary N) is 1. The molecule has 1 aliphatic heterocycles. The van der Waals surface area contributed by atoms with E-state index in [9.17, 15) is 9.90 Å². The fourth-order valence-electron chi connectivity index (χ4n) is 2.78. The van der Waals surface area contributed by atoms with E-state index in [4.69, 9.17) is 0 Å². The number of nitrogens with zero attached hydrogens (tertiary/aromatic N) is 3. The number of hydrogen-bond acceptors (Lipinski definition) is 4. The minimum absolute atomic E-state index is 0.128. The molecule has 1 saturated heterocycles. The van der Waals surface area contributed by atoms with Crippen LogP contribution in [0.2, 0.25) is 0 Å². The van der Waals surface area contributed by atoms with Crippen molar-refractivity contribution in [2.75, 3.05) is 38.0 Å². The Morgan fingerprint density at radius 2 is 1.79 bits per heavy atom. The molecule has 2 aromatic rings. The van der Waals surface area contributed by atoms with E-state index >= 15 is 0 Å². The molecule has 6 heteroatoms. The van der Waals surface area contributed by atoms with Crippen molar-refractivity contribution >= 4 is 11.8 Å². The van der Waals surface area contributed by atoms with Crippen LogP contribution in [-0.2, 0) is 0 Å². The third-order valence-corrected chi connectivity index (χ3v) is 4.17. The number of urea groups is 1. The number of anilines is 1. The van der Waals surface area contributed by atoms with Gasteiger partial charge in [0.25, 0.3) is 0 Å². The van der Waals surface area contributed by atoms with E-state index in [0.29, 0.717) is 25.5 Å². The van der Waals surface area contributed by atoms with Gasteiger partial charge in [0.2, 0.25) is 0 Å². The van der Waals surface area contributed by atoms with Crippen molar-refractivity contribution in [1.82, 2.24) is 14.8 Å². The lowest BCUT2D eigenvalue weighted by Crippen LogP contribution is -2.50. The third kappa shape index (κ3) is 4.31. The lowest BCUT2D eigenvalue weighted by atomic mass is 10.1. The van der Waals surface area contributed by atoms with Crippen molar-refractivity contribution < 1.29 is 9.90 Å². The average molecular weight is 326 g/mol. The number of piperazine rings is 1. The summed E-state index contributed by atoms with van der Waals surface area (Å²) < 4.78 is 0. The molecule has 1 aromatic carbocycles. The molecular weight excluding hydrogens is 304 g/mol. The summed E-state index contributed by atoms with van der Waals surface area (Å²) in [6.07, 6.45) is 1.15. The highest BCUT2D eigenvalue weighted by Gasteiger charge is 2.23. The van der Waals surface area contributed by atoms with E-state index in [1.807, 2.05) is 42.5 Å². The Bertz CT molecular complexity index is 643. The van der Waals surface area contributed by atoms with Crippen LogP contribution in [0.3, 0.4) is 0 Å². The maximum Gasteiger partial charge on any atom is 0.323 e. The number of aliphatic hydroxyl groups excluding tert-OH is 1. The molecule has 0 saturated carbocycles. The van der Waals surface area contributed by atoms with Gasteiger partial charge in [0.1, 0.15) is 5.82 Å². The smallest absolute Gasteiger partial charge is 0.323 e. The van der Waals surface area contributed by atoms with E-state index in [0.717, 1.165) is 18.7 Å². The van der Waals surface area contributed by atoms with Gasteiger partial charge in [-0.15, -0.1) is 0 Å². The van der Waals surface area contributed by atoms with Crippen molar-refractivity contribution in [1.29, 1.82) is 0 Å². The number of β-amino-alcohol motifs (C(OH)–C–C–N with tert-alkyl or cyclic N) is 1. The van der Waals surface area contributed by atoms with Crippen LogP contribution in [0.4, 0.5) is 10.6 Å². The molecule has 3 rings (SSSR count). The Kier molecular flexibility index (Phi) is 5.40. The minimum Gasteiger partial charge on any atom is -0.387 e. The van der Waals surface area contributed by atoms with Crippen molar-refractivity contribution in [3.05, 3.63) is 60.3 Å². The molecule has 0 aliphatic carbocycles. The summed E-state index contributed by atoms with van der Waals surface area (Å²) in [6.45, 7) is 3.36. The zero-order valence-corrected chi connectivity index (χ0v) is 13.5. The molecule has 6 nitrogen and oxygen atoms in total. The Labute approximate surface area is 141 Å². The van der Waals surface area contributed by atoms with Crippen LogP contribution >= 0.6 is 0 Å². The molecule has 2 amide bonds. The second-order valence-corrected chi connectivity index (χ2v) is 5.86. The monoisotopic (exact) mass is 326 g/mol. The van der Waals surface area contributed by atoms with Crippen LogP contribution in [-0.4, -0.2) is 58.6 Å². The van der Waals surface area contributed by atoms with E-state index in [1.54, 1.807) is 17.2 Å². The topological polar surface area (TPSA) is 68.7 Å². The lowest BCUT2D eigenvalue weighted by molar-refractivity contribution is 0.0831. The van der Waals surface area contributed by atoms with Crippen molar-refractivity contribution in [3.8, 4) is 0 Å². The predicted octanol–water partition coefficient (Wildman–Crippen LogP) is 1.96. The Hall–Kier alpha value is -2.44. The molecule has 24 heavy (non-hydrogen) atoms. The summed E-state index contributed by atoms with van der Waals surface area (Å²) in [6, 6.07) is 15.0. The first kappa shape index (κ1) is 16.4. The Morgan fingerprint density at radius 1 is 1.08 bits per heavy atom. The number of rotatable bonds is 4. The fraction of sp³-hybridized carbons (Fsp3) is 0.333. The van der Waals surface area contributed by atoms with Gasteiger partial charge in [-0.05, 0) is 17.7 Å². The number of aliphatic hydroxyl groups is 1. The van der Waals surface area contributed by atoms with Crippen LogP contribution in [0.1, 0.15) is 11.7 Å². The summed E-state index contributed by atoms with van der Waals surface area (Å²) in [5.41, 5.74) is 0.924. The van der Waals surface area contributed by atoms with Crippen molar-refractivity contribution in [2.45, 2.75) is 6.10 Å². The van der Waals surface area contributed by atoms with E-state index in [2.05, 4.69) is 15.2 Å². The zero-order chi connectivity index (χ0) is 16.8. The summed E-state index contributed by atoms with van der Waals surface area (Å²) in [5.74, 6) is 0.560. The molecule has 0 spiro atoms. The predicted molar refractivity (Wildman–Crippen MR) is 92.7 cm³/mol. The molecule has 0 bridgehead atoms. The summed E-state index contributed by atoms with van der Waals surface area (Å²) in [7, 11) is 0. The maximum atomic E-state index is 12.2. The molecule has 1 atom stereocenters. The van der Waals surface area contributed by atoms with Gasteiger partial charge in [-0.25, -0.2) is 9.78 Å². The number of carbonyl (C=O) groups is 1.